The molecule has 0 saturated carbocycles. The molecule has 1 aromatic heterocycles. The van der Waals surface area contributed by atoms with Gasteiger partial charge in [0.15, 0.2) is 0 Å². The minimum absolute atomic E-state index is 0.0625. The van der Waals surface area contributed by atoms with Crippen molar-refractivity contribution in [3.05, 3.63) is 36.4 Å². The molecule has 1 atom stereocenters. The van der Waals surface area contributed by atoms with Crippen LogP contribution in [0, 0.1) is 5.82 Å². The van der Waals surface area contributed by atoms with E-state index in [1.165, 1.54) is 12.1 Å². The van der Waals surface area contributed by atoms with E-state index >= 15 is 0 Å². The molecule has 0 bridgehead atoms. The maximum atomic E-state index is 13.1. The first-order valence-electron chi connectivity index (χ1n) is 7.82. The van der Waals surface area contributed by atoms with Crippen molar-refractivity contribution in [2.75, 3.05) is 11.9 Å². The first kappa shape index (κ1) is 15.7. The summed E-state index contributed by atoms with van der Waals surface area (Å²) in [5, 5.41) is 2.91. The van der Waals surface area contributed by atoms with E-state index in [-0.39, 0.29) is 17.8 Å². The van der Waals surface area contributed by atoms with Crippen LogP contribution in [-0.4, -0.2) is 28.2 Å². The number of hydrogen-bond donors (Lipinski definition) is 1. The molecule has 1 N–H and O–H groups in total. The van der Waals surface area contributed by atoms with Gasteiger partial charge in [0.05, 0.1) is 12.4 Å². The van der Waals surface area contributed by atoms with Crippen molar-refractivity contribution in [3.8, 4) is 11.3 Å². The second-order valence-corrected chi connectivity index (χ2v) is 5.78. The summed E-state index contributed by atoms with van der Waals surface area (Å²) in [6, 6.07) is 6.07. The average Bonchev–Trinajstić information content (AvgIpc) is 3.17. The number of amides is 1. The van der Waals surface area contributed by atoms with E-state index in [2.05, 4.69) is 10.3 Å². The molecular weight excluding hydrogens is 297 g/mol. The lowest BCUT2D eigenvalue weighted by molar-refractivity contribution is -0.116. The third-order valence-electron chi connectivity index (χ3n) is 4.03. The van der Waals surface area contributed by atoms with Crippen LogP contribution in [-0.2, 0) is 16.6 Å². The summed E-state index contributed by atoms with van der Waals surface area (Å²) >= 11 is 0. The Hall–Kier alpha value is -2.21. The van der Waals surface area contributed by atoms with Crippen LogP contribution >= 0.6 is 0 Å². The number of ether oxygens (including phenoxy) is 1. The summed E-state index contributed by atoms with van der Waals surface area (Å²) in [6.45, 7) is 0.794. The van der Waals surface area contributed by atoms with Gasteiger partial charge in [0, 0.05) is 25.6 Å². The highest BCUT2D eigenvalue weighted by atomic mass is 19.1. The third kappa shape index (κ3) is 3.76. The first-order valence-corrected chi connectivity index (χ1v) is 7.82. The van der Waals surface area contributed by atoms with Gasteiger partial charge in [-0.1, -0.05) is 0 Å². The van der Waals surface area contributed by atoms with Gasteiger partial charge in [0.2, 0.25) is 5.91 Å². The molecular formula is C17H20FN3O2. The molecule has 2 heterocycles. The maximum Gasteiger partial charge on any atom is 0.225 e. The van der Waals surface area contributed by atoms with E-state index in [9.17, 15) is 9.18 Å². The molecule has 6 heteroatoms. The molecule has 0 spiro atoms. The molecule has 122 valence electrons. The highest BCUT2D eigenvalue weighted by Crippen LogP contribution is 2.26. The number of nitrogens with one attached hydrogen (secondary N) is 1. The van der Waals surface area contributed by atoms with Gasteiger partial charge in [-0.3, -0.25) is 4.79 Å². The Morgan fingerprint density at radius 2 is 2.22 bits per heavy atom. The van der Waals surface area contributed by atoms with Gasteiger partial charge in [-0.2, -0.15) is 0 Å². The van der Waals surface area contributed by atoms with E-state index in [0.717, 1.165) is 31.4 Å². The summed E-state index contributed by atoms with van der Waals surface area (Å²) in [4.78, 5) is 16.5. The maximum absolute atomic E-state index is 13.1. The van der Waals surface area contributed by atoms with Crippen molar-refractivity contribution in [1.29, 1.82) is 0 Å². The molecule has 1 aliphatic heterocycles. The number of rotatable bonds is 5. The number of hydrogen-bond acceptors (Lipinski definition) is 3. The lowest BCUT2D eigenvalue weighted by atomic mass is 10.1. The van der Waals surface area contributed by atoms with Crippen LogP contribution < -0.4 is 5.32 Å². The number of carbonyl (C=O) groups is 1. The zero-order valence-electron chi connectivity index (χ0n) is 13.1. The number of halogens is 1. The Bertz CT molecular complexity index is 676. The predicted molar refractivity (Wildman–Crippen MR) is 85.4 cm³/mol. The Morgan fingerprint density at radius 3 is 2.91 bits per heavy atom. The van der Waals surface area contributed by atoms with E-state index in [4.69, 9.17) is 4.74 Å². The summed E-state index contributed by atoms with van der Waals surface area (Å²) in [5.41, 5.74) is 1.40. The SMILES string of the molecule is Cn1cnc(-c2ccc(F)cc2)c1NC(=O)CCC1CCCO1. The van der Waals surface area contributed by atoms with Crippen molar-refractivity contribution < 1.29 is 13.9 Å². The Kier molecular flexibility index (Phi) is 4.71. The first-order chi connectivity index (χ1) is 11.1. The van der Waals surface area contributed by atoms with E-state index in [1.54, 1.807) is 23.0 Å². The minimum Gasteiger partial charge on any atom is -0.378 e. The van der Waals surface area contributed by atoms with E-state index < -0.39 is 0 Å². The van der Waals surface area contributed by atoms with Gasteiger partial charge in [-0.15, -0.1) is 0 Å². The van der Waals surface area contributed by atoms with Gasteiger partial charge in [0.25, 0.3) is 0 Å². The summed E-state index contributed by atoms with van der Waals surface area (Å²) < 4.78 is 20.3. The molecule has 5 nitrogen and oxygen atoms in total. The molecule has 2 aromatic rings. The monoisotopic (exact) mass is 317 g/mol. The zero-order valence-corrected chi connectivity index (χ0v) is 13.1. The number of carbonyl (C=O) groups excluding carboxylic acids is 1. The highest BCUT2D eigenvalue weighted by Gasteiger charge is 2.18. The molecule has 1 fully saturated rings. The van der Waals surface area contributed by atoms with Gasteiger partial charge < -0.3 is 14.6 Å². The van der Waals surface area contributed by atoms with Crippen molar-refractivity contribution in [2.24, 2.45) is 7.05 Å². The second-order valence-electron chi connectivity index (χ2n) is 5.78. The molecule has 0 aliphatic carbocycles. The summed E-state index contributed by atoms with van der Waals surface area (Å²) in [5.74, 6) is 0.258. The largest absolute Gasteiger partial charge is 0.378 e. The van der Waals surface area contributed by atoms with Crippen molar-refractivity contribution in [3.63, 3.8) is 0 Å². The van der Waals surface area contributed by atoms with E-state index in [1.807, 2.05) is 7.05 Å². The number of anilines is 1. The molecule has 3 rings (SSSR count). The van der Waals surface area contributed by atoms with Gasteiger partial charge in [-0.05, 0) is 43.5 Å². The quantitative estimate of drug-likeness (QED) is 0.922. The minimum atomic E-state index is -0.299. The lowest BCUT2D eigenvalue weighted by Gasteiger charge is -2.11. The van der Waals surface area contributed by atoms with Crippen LogP contribution in [0.5, 0.6) is 0 Å². The average molecular weight is 317 g/mol. The normalized spacial score (nSPS) is 17.4. The number of imidazole rings is 1. The molecule has 23 heavy (non-hydrogen) atoms. The van der Waals surface area contributed by atoms with Crippen LogP contribution in [0.3, 0.4) is 0 Å². The Labute approximate surface area is 134 Å². The summed E-state index contributed by atoms with van der Waals surface area (Å²) in [7, 11) is 1.82. The molecule has 1 unspecified atom stereocenters. The number of aryl methyl sites for hydroxylation is 1. The fraction of sp³-hybridized carbons (Fsp3) is 0.412. The number of benzene rings is 1. The fourth-order valence-electron chi connectivity index (χ4n) is 2.76. The number of nitrogens with zero attached hydrogens (tertiary/aromatic N) is 2. The van der Waals surface area contributed by atoms with E-state index in [0.29, 0.717) is 17.9 Å². The second kappa shape index (κ2) is 6.91. The van der Waals surface area contributed by atoms with Gasteiger partial charge in [-0.25, -0.2) is 9.37 Å². The number of aromatic nitrogens is 2. The lowest BCUT2D eigenvalue weighted by Crippen LogP contribution is -2.17. The molecule has 1 aromatic carbocycles. The van der Waals surface area contributed by atoms with Crippen LogP contribution in [0.15, 0.2) is 30.6 Å². The van der Waals surface area contributed by atoms with Crippen LogP contribution in [0.25, 0.3) is 11.3 Å². The fourth-order valence-corrected chi connectivity index (χ4v) is 2.76. The van der Waals surface area contributed by atoms with Gasteiger partial charge >= 0.3 is 0 Å². The Balaban J connectivity index is 1.68. The van der Waals surface area contributed by atoms with Crippen molar-refractivity contribution >= 4 is 11.7 Å². The highest BCUT2D eigenvalue weighted by molar-refractivity contribution is 5.93. The molecule has 1 amide bonds. The smallest absolute Gasteiger partial charge is 0.225 e. The van der Waals surface area contributed by atoms with Crippen molar-refractivity contribution in [1.82, 2.24) is 9.55 Å². The third-order valence-corrected chi connectivity index (χ3v) is 4.03. The zero-order chi connectivity index (χ0) is 16.2. The summed E-state index contributed by atoms with van der Waals surface area (Å²) in [6.07, 6.45) is 5.08. The van der Waals surface area contributed by atoms with Gasteiger partial charge in [0.1, 0.15) is 17.3 Å². The molecule has 0 radical (unpaired) electrons. The Morgan fingerprint density at radius 1 is 1.43 bits per heavy atom. The topological polar surface area (TPSA) is 56.2 Å². The van der Waals surface area contributed by atoms with Crippen LogP contribution in [0.4, 0.5) is 10.2 Å². The standard InChI is InChI=1S/C17H20FN3O2/c1-21-11-19-16(12-4-6-13(18)7-5-12)17(21)20-15(22)9-8-14-3-2-10-23-14/h4-7,11,14H,2-3,8-10H2,1H3,(H,20,22). The van der Waals surface area contributed by atoms with Crippen LogP contribution in [0.1, 0.15) is 25.7 Å². The molecule has 1 saturated heterocycles. The predicted octanol–water partition coefficient (Wildman–Crippen LogP) is 3.12. The van der Waals surface area contributed by atoms with Crippen LogP contribution in [0.2, 0.25) is 0 Å². The molecule has 1 aliphatic rings. The van der Waals surface area contributed by atoms with Crippen molar-refractivity contribution in [2.45, 2.75) is 31.8 Å².